The van der Waals surface area contributed by atoms with Crippen LogP contribution in [-0.2, 0) is 13.1 Å². The third-order valence-electron chi connectivity index (χ3n) is 4.41. The highest BCUT2D eigenvalue weighted by molar-refractivity contribution is 5.37. The Morgan fingerprint density at radius 3 is 2.91 bits per heavy atom. The van der Waals surface area contributed by atoms with Crippen molar-refractivity contribution in [3.8, 4) is 6.07 Å². The van der Waals surface area contributed by atoms with Crippen LogP contribution < -0.4 is 0 Å². The minimum Gasteiger partial charge on any atom is -0.294 e. The molecular weight excluding hydrogens is 293 g/mol. The summed E-state index contributed by atoms with van der Waals surface area (Å²) < 4.78 is 15.2. The first-order valence-corrected chi connectivity index (χ1v) is 7.87. The van der Waals surface area contributed by atoms with Gasteiger partial charge in [-0.25, -0.2) is 14.1 Å². The molecule has 3 rings (SSSR count). The van der Waals surface area contributed by atoms with Crippen LogP contribution in [0.5, 0.6) is 0 Å². The third kappa shape index (κ3) is 3.40. The van der Waals surface area contributed by atoms with Gasteiger partial charge in [0.1, 0.15) is 17.5 Å². The summed E-state index contributed by atoms with van der Waals surface area (Å²) in [5, 5.41) is 13.6. The molecule has 0 bridgehead atoms. The van der Waals surface area contributed by atoms with Gasteiger partial charge in [0.05, 0.1) is 18.2 Å². The average Bonchev–Trinajstić information content (AvgIpc) is 3.08. The minimum absolute atomic E-state index is 0.364. The van der Waals surface area contributed by atoms with Gasteiger partial charge in [-0.1, -0.05) is 6.07 Å². The molecule has 0 unspecified atom stereocenters. The molecular formula is C17H20FN5. The van der Waals surface area contributed by atoms with Crippen molar-refractivity contribution < 1.29 is 4.39 Å². The van der Waals surface area contributed by atoms with Gasteiger partial charge < -0.3 is 0 Å². The van der Waals surface area contributed by atoms with E-state index >= 15 is 0 Å². The fourth-order valence-corrected chi connectivity index (χ4v) is 3.25. The Labute approximate surface area is 135 Å². The monoisotopic (exact) mass is 313 g/mol. The van der Waals surface area contributed by atoms with E-state index < -0.39 is 0 Å². The zero-order valence-corrected chi connectivity index (χ0v) is 13.5. The number of aromatic nitrogens is 3. The molecule has 1 atom stereocenters. The van der Waals surface area contributed by atoms with Crippen molar-refractivity contribution in [2.24, 2.45) is 0 Å². The fraction of sp³-hybridized carbons (Fsp3) is 0.471. The third-order valence-corrected chi connectivity index (χ3v) is 4.41. The standard InChI is InChI=1S/C17H20FN5/c1-12-20-13(2)23(21-12)11-17-4-3-7-22(17)10-14-5-6-16(18)8-15(14)9-19/h5-6,8,17H,3-4,7,10-11H2,1-2H3/t17-/m1/s1. The number of halogens is 1. The summed E-state index contributed by atoms with van der Waals surface area (Å²) in [4.78, 5) is 6.70. The molecule has 6 heteroatoms. The minimum atomic E-state index is -0.364. The van der Waals surface area contributed by atoms with Crippen molar-refractivity contribution in [1.29, 1.82) is 5.26 Å². The van der Waals surface area contributed by atoms with E-state index in [1.165, 1.54) is 12.1 Å². The zero-order chi connectivity index (χ0) is 16.4. The Balaban J connectivity index is 1.75. The van der Waals surface area contributed by atoms with E-state index in [9.17, 15) is 9.65 Å². The highest BCUT2D eigenvalue weighted by Crippen LogP contribution is 2.23. The van der Waals surface area contributed by atoms with E-state index in [2.05, 4.69) is 21.1 Å². The first-order chi connectivity index (χ1) is 11.1. The van der Waals surface area contributed by atoms with Gasteiger partial charge >= 0.3 is 0 Å². The van der Waals surface area contributed by atoms with Crippen molar-refractivity contribution in [3.63, 3.8) is 0 Å². The lowest BCUT2D eigenvalue weighted by atomic mass is 10.1. The number of rotatable bonds is 4. The molecule has 1 saturated heterocycles. The second-order valence-corrected chi connectivity index (χ2v) is 6.07. The molecule has 0 amide bonds. The lowest BCUT2D eigenvalue weighted by Gasteiger charge is -2.25. The largest absolute Gasteiger partial charge is 0.294 e. The van der Waals surface area contributed by atoms with Crippen molar-refractivity contribution in [2.45, 2.75) is 45.8 Å². The topological polar surface area (TPSA) is 57.7 Å². The van der Waals surface area contributed by atoms with Crippen LogP contribution in [0, 0.1) is 31.0 Å². The van der Waals surface area contributed by atoms with Gasteiger partial charge in [-0.3, -0.25) is 4.90 Å². The van der Waals surface area contributed by atoms with E-state index in [1.807, 2.05) is 18.5 Å². The molecule has 0 spiro atoms. The normalized spacial score (nSPS) is 18.3. The molecule has 5 nitrogen and oxygen atoms in total. The van der Waals surface area contributed by atoms with E-state index in [-0.39, 0.29) is 5.82 Å². The SMILES string of the molecule is Cc1nc(C)n(C[C@H]2CCCN2Cc2ccc(F)cc2C#N)n1. The molecule has 0 saturated carbocycles. The summed E-state index contributed by atoms with van der Waals surface area (Å²) in [6.45, 7) is 6.32. The molecule has 23 heavy (non-hydrogen) atoms. The van der Waals surface area contributed by atoms with Gasteiger partial charge in [0.25, 0.3) is 0 Å². The van der Waals surface area contributed by atoms with Crippen molar-refractivity contribution in [3.05, 3.63) is 46.8 Å². The summed E-state index contributed by atoms with van der Waals surface area (Å²) >= 11 is 0. The quantitative estimate of drug-likeness (QED) is 0.870. The number of benzene rings is 1. The first kappa shape index (κ1) is 15.6. The Morgan fingerprint density at radius 1 is 1.39 bits per heavy atom. The van der Waals surface area contributed by atoms with Gasteiger partial charge in [0.2, 0.25) is 0 Å². The van der Waals surface area contributed by atoms with Crippen LogP contribution in [-0.4, -0.2) is 32.3 Å². The Hall–Kier alpha value is -2.26. The fourth-order valence-electron chi connectivity index (χ4n) is 3.25. The molecule has 0 aliphatic carbocycles. The van der Waals surface area contributed by atoms with Crippen LogP contribution in [0.1, 0.15) is 35.6 Å². The number of nitriles is 1. The second kappa shape index (κ2) is 6.47. The predicted octanol–water partition coefficient (Wildman–Crippen LogP) is 2.57. The van der Waals surface area contributed by atoms with Crippen LogP contribution in [0.4, 0.5) is 4.39 Å². The number of likely N-dealkylation sites (tertiary alicyclic amines) is 1. The highest BCUT2D eigenvalue weighted by Gasteiger charge is 2.26. The van der Waals surface area contributed by atoms with Crippen LogP contribution in [0.15, 0.2) is 18.2 Å². The summed E-state index contributed by atoms with van der Waals surface area (Å²) in [6.07, 6.45) is 2.22. The Morgan fingerprint density at radius 2 is 2.22 bits per heavy atom. The van der Waals surface area contributed by atoms with Gasteiger partial charge in [-0.15, -0.1) is 0 Å². The van der Waals surface area contributed by atoms with Gasteiger partial charge in [-0.2, -0.15) is 10.4 Å². The molecule has 0 radical (unpaired) electrons. The van der Waals surface area contributed by atoms with Crippen LogP contribution in [0.3, 0.4) is 0 Å². The van der Waals surface area contributed by atoms with E-state index in [0.29, 0.717) is 18.2 Å². The van der Waals surface area contributed by atoms with Crippen LogP contribution >= 0.6 is 0 Å². The van der Waals surface area contributed by atoms with Crippen molar-refractivity contribution in [1.82, 2.24) is 19.7 Å². The average molecular weight is 313 g/mol. The maximum atomic E-state index is 13.3. The lowest BCUT2D eigenvalue weighted by molar-refractivity contribution is 0.217. The molecule has 1 aliphatic heterocycles. The number of hydrogen-bond acceptors (Lipinski definition) is 4. The number of nitrogens with zero attached hydrogens (tertiary/aromatic N) is 5. The highest BCUT2D eigenvalue weighted by atomic mass is 19.1. The molecule has 1 aromatic carbocycles. The van der Waals surface area contributed by atoms with E-state index in [0.717, 1.165) is 43.1 Å². The molecule has 1 aromatic heterocycles. The van der Waals surface area contributed by atoms with Gasteiger partial charge in [-0.05, 0) is 50.9 Å². The lowest BCUT2D eigenvalue weighted by Crippen LogP contribution is -2.33. The smallest absolute Gasteiger partial charge is 0.147 e. The summed E-state index contributed by atoms with van der Waals surface area (Å²) in [5.74, 6) is 1.35. The Kier molecular flexibility index (Phi) is 4.39. The zero-order valence-electron chi connectivity index (χ0n) is 13.5. The maximum Gasteiger partial charge on any atom is 0.147 e. The summed E-state index contributed by atoms with van der Waals surface area (Å²) in [5.41, 5.74) is 1.30. The number of hydrogen-bond donors (Lipinski definition) is 0. The molecule has 2 heterocycles. The number of aryl methyl sites for hydroxylation is 2. The van der Waals surface area contributed by atoms with Crippen LogP contribution in [0.25, 0.3) is 0 Å². The van der Waals surface area contributed by atoms with Crippen molar-refractivity contribution >= 4 is 0 Å². The molecule has 0 N–H and O–H groups in total. The molecule has 1 fully saturated rings. The second-order valence-electron chi connectivity index (χ2n) is 6.07. The molecule has 1 aliphatic rings. The van der Waals surface area contributed by atoms with E-state index in [1.54, 1.807) is 6.07 Å². The summed E-state index contributed by atoms with van der Waals surface area (Å²) in [7, 11) is 0. The Bertz CT molecular complexity index is 746. The van der Waals surface area contributed by atoms with Crippen LogP contribution in [0.2, 0.25) is 0 Å². The van der Waals surface area contributed by atoms with E-state index in [4.69, 9.17) is 0 Å². The maximum absolute atomic E-state index is 13.3. The van der Waals surface area contributed by atoms with Crippen molar-refractivity contribution in [2.75, 3.05) is 6.54 Å². The molecule has 120 valence electrons. The summed E-state index contributed by atoms with van der Waals surface area (Å²) in [6, 6.07) is 6.91. The molecule has 2 aromatic rings. The van der Waals surface area contributed by atoms with Gasteiger partial charge in [0.15, 0.2) is 0 Å². The predicted molar refractivity (Wildman–Crippen MR) is 84.0 cm³/mol. The first-order valence-electron chi connectivity index (χ1n) is 7.87. The van der Waals surface area contributed by atoms with Gasteiger partial charge in [0, 0.05) is 12.6 Å².